The SMILES string of the molecule is CCC(CC)N(C)c1ccc(CNC)c(Br)c1. The zero-order chi connectivity index (χ0) is 12.8. The van der Waals surface area contributed by atoms with Gasteiger partial charge in [0, 0.05) is 29.8 Å². The molecule has 1 aromatic carbocycles. The zero-order valence-corrected chi connectivity index (χ0v) is 12.8. The summed E-state index contributed by atoms with van der Waals surface area (Å²) in [5.74, 6) is 0. The topological polar surface area (TPSA) is 15.3 Å². The van der Waals surface area contributed by atoms with Gasteiger partial charge in [0.15, 0.2) is 0 Å². The molecule has 0 saturated heterocycles. The van der Waals surface area contributed by atoms with Crippen molar-refractivity contribution in [3.8, 4) is 0 Å². The Hall–Kier alpha value is -0.540. The molecule has 0 unspecified atom stereocenters. The van der Waals surface area contributed by atoms with E-state index in [1.807, 2.05) is 7.05 Å². The molecule has 0 saturated carbocycles. The summed E-state index contributed by atoms with van der Waals surface area (Å²) in [6.07, 6.45) is 2.37. The molecule has 1 N–H and O–H groups in total. The number of rotatable bonds is 6. The van der Waals surface area contributed by atoms with Crippen LogP contribution in [0.25, 0.3) is 0 Å². The van der Waals surface area contributed by atoms with Crippen LogP contribution >= 0.6 is 15.9 Å². The number of halogens is 1. The van der Waals surface area contributed by atoms with Gasteiger partial charge in [-0.05, 0) is 37.6 Å². The summed E-state index contributed by atoms with van der Waals surface area (Å²) in [4.78, 5) is 2.37. The van der Waals surface area contributed by atoms with Gasteiger partial charge < -0.3 is 10.2 Å². The van der Waals surface area contributed by atoms with Gasteiger partial charge in [0.2, 0.25) is 0 Å². The predicted octanol–water partition coefficient (Wildman–Crippen LogP) is 3.79. The van der Waals surface area contributed by atoms with Gasteiger partial charge in [0.1, 0.15) is 0 Å². The Bertz CT molecular complexity index is 348. The molecule has 3 heteroatoms. The van der Waals surface area contributed by atoms with Crippen LogP contribution in [0.5, 0.6) is 0 Å². The molecule has 96 valence electrons. The van der Waals surface area contributed by atoms with Crippen molar-refractivity contribution in [2.45, 2.75) is 39.3 Å². The standard InChI is InChI=1S/C14H23BrN2/c1-5-12(6-2)17(4)13-8-7-11(10-16-3)14(15)9-13/h7-9,12,16H,5-6,10H2,1-4H3. The first-order chi connectivity index (χ1) is 8.13. The number of hydrogen-bond acceptors (Lipinski definition) is 2. The van der Waals surface area contributed by atoms with E-state index in [0.29, 0.717) is 6.04 Å². The average Bonchev–Trinajstić information content (AvgIpc) is 2.33. The monoisotopic (exact) mass is 298 g/mol. The maximum Gasteiger partial charge on any atom is 0.0377 e. The van der Waals surface area contributed by atoms with Crippen molar-refractivity contribution in [3.05, 3.63) is 28.2 Å². The second-order valence-electron chi connectivity index (χ2n) is 4.39. The summed E-state index contributed by atoms with van der Waals surface area (Å²) in [6, 6.07) is 7.23. The van der Waals surface area contributed by atoms with Crippen molar-refractivity contribution in [1.29, 1.82) is 0 Å². The lowest BCUT2D eigenvalue weighted by molar-refractivity contribution is 0.591. The molecule has 0 fully saturated rings. The third-order valence-corrected chi connectivity index (χ3v) is 4.04. The first-order valence-corrected chi connectivity index (χ1v) is 7.09. The average molecular weight is 299 g/mol. The van der Waals surface area contributed by atoms with Crippen LogP contribution in [0.4, 0.5) is 5.69 Å². The van der Waals surface area contributed by atoms with Gasteiger partial charge in [-0.3, -0.25) is 0 Å². The molecular formula is C14H23BrN2. The number of nitrogens with one attached hydrogen (secondary N) is 1. The maximum absolute atomic E-state index is 3.64. The van der Waals surface area contributed by atoms with E-state index in [1.165, 1.54) is 28.6 Å². The van der Waals surface area contributed by atoms with E-state index >= 15 is 0 Å². The van der Waals surface area contributed by atoms with Gasteiger partial charge in [-0.25, -0.2) is 0 Å². The number of anilines is 1. The van der Waals surface area contributed by atoms with Crippen LogP contribution in [-0.2, 0) is 6.54 Å². The normalized spacial score (nSPS) is 10.9. The van der Waals surface area contributed by atoms with Gasteiger partial charge >= 0.3 is 0 Å². The largest absolute Gasteiger partial charge is 0.372 e. The second-order valence-corrected chi connectivity index (χ2v) is 5.24. The molecule has 0 aliphatic carbocycles. The zero-order valence-electron chi connectivity index (χ0n) is 11.3. The van der Waals surface area contributed by atoms with Crippen LogP contribution < -0.4 is 10.2 Å². The third-order valence-electron chi connectivity index (χ3n) is 3.30. The van der Waals surface area contributed by atoms with Crippen LogP contribution in [0.15, 0.2) is 22.7 Å². The lowest BCUT2D eigenvalue weighted by Crippen LogP contribution is -2.30. The van der Waals surface area contributed by atoms with E-state index in [0.717, 1.165) is 6.54 Å². The van der Waals surface area contributed by atoms with E-state index in [2.05, 4.69) is 65.2 Å². The van der Waals surface area contributed by atoms with Crippen LogP contribution in [0.3, 0.4) is 0 Å². The molecule has 0 amide bonds. The minimum absolute atomic E-state index is 0.622. The summed E-state index contributed by atoms with van der Waals surface area (Å²) in [6.45, 7) is 5.39. The summed E-state index contributed by atoms with van der Waals surface area (Å²) in [7, 11) is 4.15. The second kappa shape index (κ2) is 7.02. The van der Waals surface area contributed by atoms with Gasteiger partial charge in [0.25, 0.3) is 0 Å². The van der Waals surface area contributed by atoms with E-state index < -0.39 is 0 Å². The molecule has 0 aromatic heterocycles. The predicted molar refractivity (Wildman–Crippen MR) is 79.7 cm³/mol. The van der Waals surface area contributed by atoms with E-state index in [4.69, 9.17) is 0 Å². The number of nitrogens with zero attached hydrogens (tertiary/aromatic N) is 1. The van der Waals surface area contributed by atoms with Crippen LogP contribution in [0, 0.1) is 0 Å². The molecule has 0 aliphatic rings. The van der Waals surface area contributed by atoms with Gasteiger partial charge in [-0.1, -0.05) is 35.8 Å². The third kappa shape index (κ3) is 3.71. The minimum atomic E-state index is 0.622. The molecule has 0 aliphatic heterocycles. The molecule has 0 heterocycles. The highest BCUT2D eigenvalue weighted by Crippen LogP contribution is 2.25. The highest BCUT2D eigenvalue weighted by atomic mass is 79.9. The Balaban J connectivity index is 2.88. The quantitative estimate of drug-likeness (QED) is 0.859. The maximum atomic E-state index is 3.64. The molecule has 0 bridgehead atoms. The summed E-state index contributed by atoms with van der Waals surface area (Å²) in [5.41, 5.74) is 2.58. The van der Waals surface area contributed by atoms with E-state index in [1.54, 1.807) is 0 Å². The number of benzene rings is 1. The lowest BCUT2D eigenvalue weighted by atomic mass is 10.1. The minimum Gasteiger partial charge on any atom is -0.372 e. The molecule has 1 aromatic rings. The van der Waals surface area contributed by atoms with Crippen molar-refractivity contribution >= 4 is 21.6 Å². The highest BCUT2D eigenvalue weighted by molar-refractivity contribution is 9.10. The Morgan fingerprint density at radius 2 is 1.94 bits per heavy atom. The van der Waals surface area contributed by atoms with Crippen molar-refractivity contribution in [1.82, 2.24) is 5.32 Å². The summed E-state index contributed by atoms with van der Waals surface area (Å²) < 4.78 is 1.18. The van der Waals surface area contributed by atoms with Crippen LogP contribution in [0.1, 0.15) is 32.3 Å². The van der Waals surface area contributed by atoms with Crippen molar-refractivity contribution < 1.29 is 0 Å². The molecular weight excluding hydrogens is 276 g/mol. The Morgan fingerprint density at radius 1 is 1.29 bits per heavy atom. The molecule has 17 heavy (non-hydrogen) atoms. The molecule has 0 radical (unpaired) electrons. The van der Waals surface area contributed by atoms with Crippen LogP contribution in [-0.4, -0.2) is 20.1 Å². The summed E-state index contributed by atoms with van der Waals surface area (Å²) in [5, 5.41) is 3.18. The molecule has 1 rings (SSSR count). The fourth-order valence-corrected chi connectivity index (χ4v) is 2.64. The first-order valence-electron chi connectivity index (χ1n) is 6.29. The molecule has 0 atom stereocenters. The Labute approximate surface area is 114 Å². The van der Waals surface area contributed by atoms with Crippen molar-refractivity contribution in [2.24, 2.45) is 0 Å². The van der Waals surface area contributed by atoms with Gasteiger partial charge in [-0.2, -0.15) is 0 Å². The highest BCUT2D eigenvalue weighted by Gasteiger charge is 2.12. The molecule has 2 nitrogen and oxygen atoms in total. The van der Waals surface area contributed by atoms with Crippen LogP contribution in [0.2, 0.25) is 0 Å². The van der Waals surface area contributed by atoms with Crippen molar-refractivity contribution in [3.63, 3.8) is 0 Å². The fraction of sp³-hybridized carbons (Fsp3) is 0.571. The lowest BCUT2D eigenvalue weighted by Gasteiger charge is -2.28. The summed E-state index contributed by atoms with van der Waals surface area (Å²) >= 11 is 3.64. The van der Waals surface area contributed by atoms with E-state index in [-0.39, 0.29) is 0 Å². The Kier molecular flexibility index (Phi) is 6.00. The van der Waals surface area contributed by atoms with E-state index in [9.17, 15) is 0 Å². The van der Waals surface area contributed by atoms with Gasteiger partial charge in [-0.15, -0.1) is 0 Å². The smallest absolute Gasteiger partial charge is 0.0377 e. The number of hydrogen-bond donors (Lipinski definition) is 1. The first kappa shape index (κ1) is 14.5. The van der Waals surface area contributed by atoms with Gasteiger partial charge in [0.05, 0.1) is 0 Å². The molecule has 0 spiro atoms. The van der Waals surface area contributed by atoms with Crippen molar-refractivity contribution in [2.75, 3.05) is 19.0 Å². The Morgan fingerprint density at radius 3 is 2.41 bits per heavy atom. The fourth-order valence-electron chi connectivity index (χ4n) is 2.14.